The van der Waals surface area contributed by atoms with Crippen LogP contribution >= 0.6 is 0 Å². The summed E-state index contributed by atoms with van der Waals surface area (Å²) in [4.78, 5) is 26.4. The summed E-state index contributed by atoms with van der Waals surface area (Å²) in [6.45, 7) is 13.1. The van der Waals surface area contributed by atoms with Crippen LogP contribution in [-0.4, -0.2) is 91.9 Å². The number of ether oxygens (including phenoxy) is 2. The van der Waals surface area contributed by atoms with E-state index in [9.17, 15) is 15.3 Å². The van der Waals surface area contributed by atoms with Crippen molar-refractivity contribution in [2.24, 2.45) is 0 Å². The van der Waals surface area contributed by atoms with E-state index in [2.05, 4.69) is 76.7 Å². The molecule has 0 radical (unpaired) electrons. The molecular weight excluding hydrogens is 590 g/mol. The topological polar surface area (TPSA) is 109 Å². The molecule has 1 amide bonds. The van der Waals surface area contributed by atoms with Crippen molar-refractivity contribution in [3.63, 3.8) is 0 Å². The number of fused-ring (bicyclic) bond motifs is 2. The van der Waals surface area contributed by atoms with Crippen LogP contribution in [0.3, 0.4) is 0 Å². The number of piperazine rings is 1. The average Bonchev–Trinajstić information content (AvgIpc) is 3.54. The van der Waals surface area contributed by atoms with Crippen LogP contribution in [0.25, 0.3) is 10.8 Å². The molecule has 0 unspecified atom stereocenters. The maximum atomic E-state index is 12.7. The molecule has 0 saturated carbocycles. The molecule has 4 heterocycles. The van der Waals surface area contributed by atoms with Gasteiger partial charge in [0.15, 0.2) is 0 Å². The Labute approximate surface area is 277 Å². The molecule has 1 aromatic heterocycles. The van der Waals surface area contributed by atoms with Crippen LogP contribution in [0.2, 0.25) is 0 Å². The van der Waals surface area contributed by atoms with E-state index < -0.39 is 0 Å². The molecule has 2 fully saturated rings. The van der Waals surface area contributed by atoms with Crippen LogP contribution < -0.4 is 14.5 Å². The number of likely N-dealkylation sites (tertiary alicyclic amines) is 1. The molecule has 2 aromatic carbocycles. The van der Waals surface area contributed by atoms with Crippen LogP contribution in [0.15, 0.2) is 49.1 Å². The fraction of sp³-hybridized carbons (Fsp3) is 0.459. The third-order valence-electron chi connectivity index (χ3n) is 9.81. The summed E-state index contributed by atoms with van der Waals surface area (Å²) >= 11 is 0. The number of hydrogen-bond acceptors (Lipinski definition) is 9. The highest BCUT2D eigenvalue weighted by Gasteiger charge is 2.35. The van der Waals surface area contributed by atoms with Gasteiger partial charge in [-0.25, -0.2) is 4.98 Å². The molecule has 0 N–H and O–H groups in total. The number of aryl methyl sites for hydroxylation is 1. The summed E-state index contributed by atoms with van der Waals surface area (Å²) < 4.78 is 12.1. The minimum atomic E-state index is -0.319. The van der Waals surface area contributed by atoms with E-state index in [4.69, 9.17) is 14.5 Å². The molecule has 47 heavy (non-hydrogen) atoms. The van der Waals surface area contributed by atoms with Crippen molar-refractivity contribution in [2.45, 2.75) is 57.9 Å². The van der Waals surface area contributed by atoms with Crippen molar-refractivity contribution in [3.8, 4) is 18.0 Å². The van der Waals surface area contributed by atoms with Crippen LogP contribution in [0, 0.1) is 29.6 Å². The van der Waals surface area contributed by atoms with Gasteiger partial charge in [-0.15, -0.1) is 0 Å². The Hall–Kier alpha value is -4.64. The molecule has 3 atom stereocenters. The van der Waals surface area contributed by atoms with Gasteiger partial charge < -0.3 is 24.2 Å². The highest BCUT2D eigenvalue weighted by atomic mass is 16.5. The lowest BCUT2D eigenvalue weighted by molar-refractivity contribution is -0.128. The van der Waals surface area contributed by atoms with Crippen molar-refractivity contribution in [1.29, 1.82) is 10.5 Å². The van der Waals surface area contributed by atoms with E-state index in [1.807, 2.05) is 6.92 Å². The fourth-order valence-electron chi connectivity index (χ4n) is 7.54. The minimum absolute atomic E-state index is 0.182. The molecule has 3 aromatic rings. The normalized spacial score (nSPS) is 20.4. The zero-order valence-electron chi connectivity index (χ0n) is 27.6. The predicted molar refractivity (Wildman–Crippen MR) is 182 cm³/mol. The highest BCUT2D eigenvalue weighted by molar-refractivity contribution is 5.97. The van der Waals surface area contributed by atoms with Crippen molar-refractivity contribution in [2.75, 3.05) is 62.7 Å². The first-order valence-corrected chi connectivity index (χ1v) is 16.5. The van der Waals surface area contributed by atoms with Gasteiger partial charge in [0.05, 0.1) is 42.6 Å². The molecule has 0 spiro atoms. The largest absolute Gasteiger partial charge is 0.472 e. The van der Waals surface area contributed by atoms with E-state index in [0.717, 1.165) is 43.0 Å². The summed E-state index contributed by atoms with van der Waals surface area (Å²) in [5, 5.41) is 22.7. The molecular formula is C37H43N7O3. The third-order valence-corrected chi connectivity index (χ3v) is 9.81. The Morgan fingerprint density at radius 3 is 2.66 bits per heavy atom. The van der Waals surface area contributed by atoms with Gasteiger partial charge in [0.2, 0.25) is 11.8 Å². The number of methoxy groups -OCH3 is 1. The van der Waals surface area contributed by atoms with Gasteiger partial charge in [0.1, 0.15) is 17.7 Å². The third kappa shape index (κ3) is 6.49. The highest BCUT2D eigenvalue weighted by Crippen LogP contribution is 2.40. The number of carbonyl (C=O) groups is 1. The second-order valence-electron chi connectivity index (χ2n) is 12.8. The molecule has 3 aliphatic heterocycles. The van der Waals surface area contributed by atoms with E-state index in [-0.39, 0.29) is 30.6 Å². The fourth-order valence-corrected chi connectivity index (χ4v) is 7.54. The number of rotatable bonds is 9. The second kappa shape index (κ2) is 14.0. The average molecular weight is 634 g/mol. The van der Waals surface area contributed by atoms with Crippen molar-refractivity contribution < 1.29 is 14.3 Å². The Morgan fingerprint density at radius 1 is 1.13 bits per heavy atom. The van der Waals surface area contributed by atoms with Gasteiger partial charge >= 0.3 is 0 Å². The minimum Gasteiger partial charge on any atom is -0.472 e. The summed E-state index contributed by atoms with van der Waals surface area (Å²) in [5.41, 5.74) is 5.56. The maximum Gasteiger partial charge on any atom is 0.246 e. The number of nitriles is 2. The van der Waals surface area contributed by atoms with Gasteiger partial charge in [0.25, 0.3) is 0 Å². The van der Waals surface area contributed by atoms with Gasteiger partial charge in [0, 0.05) is 69.6 Å². The van der Waals surface area contributed by atoms with Crippen molar-refractivity contribution >= 4 is 28.1 Å². The van der Waals surface area contributed by atoms with Crippen LogP contribution in [-0.2, 0) is 22.5 Å². The van der Waals surface area contributed by atoms with Gasteiger partial charge in [-0.05, 0) is 49.8 Å². The van der Waals surface area contributed by atoms with Crippen LogP contribution in [0.4, 0.5) is 11.4 Å². The molecule has 0 bridgehead atoms. The summed E-state index contributed by atoms with van der Waals surface area (Å²) in [5.74, 6) is 0.160. The Kier molecular flexibility index (Phi) is 9.63. The predicted octanol–water partition coefficient (Wildman–Crippen LogP) is 4.58. The zero-order chi connectivity index (χ0) is 33.1. The van der Waals surface area contributed by atoms with Crippen LogP contribution in [0.5, 0.6) is 5.88 Å². The summed E-state index contributed by atoms with van der Waals surface area (Å²) in [7, 11) is 1.75. The standard InChI is InChI=1S/C37H43N7O3/c1-5-34(45)44-19-18-43(22-28(44)12-15-38)36-30-14-17-42(33-11-7-10-27-9-6-8-25(2)35(27)33)24-32(30)40-37(31(36)20-39)47-26(3)21-41-16-13-29(23-41)46-4/h5-11,26,28-29H,1,12-14,16-19,21-24H2,2-4H3/t26-,28+,29+/m1/s1. The summed E-state index contributed by atoms with van der Waals surface area (Å²) in [6, 6.07) is 17.2. The lowest BCUT2D eigenvalue weighted by atomic mass is 9.95. The summed E-state index contributed by atoms with van der Waals surface area (Å²) in [6.07, 6.45) is 3.21. The van der Waals surface area contributed by atoms with Crippen molar-refractivity contribution in [3.05, 3.63) is 71.4 Å². The first-order valence-electron chi connectivity index (χ1n) is 16.5. The van der Waals surface area contributed by atoms with Crippen molar-refractivity contribution in [1.82, 2.24) is 14.8 Å². The quantitative estimate of drug-likeness (QED) is 0.313. The number of carbonyl (C=O) groups excluding carboxylic acids is 1. The molecule has 6 rings (SSSR count). The lowest BCUT2D eigenvalue weighted by Crippen LogP contribution is -2.55. The van der Waals surface area contributed by atoms with E-state index in [1.165, 1.54) is 28.1 Å². The SMILES string of the molecule is C=CC(=O)N1CCN(c2c(C#N)c(O[C@H](C)CN3CC[C@H](OC)C3)nc3c2CCN(c2cccc4cccc(C)c24)C3)C[C@@H]1CC#N. The first kappa shape index (κ1) is 32.3. The number of benzene rings is 2. The monoisotopic (exact) mass is 633 g/mol. The second-order valence-corrected chi connectivity index (χ2v) is 12.8. The molecule has 0 aliphatic carbocycles. The number of anilines is 2. The smallest absolute Gasteiger partial charge is 0.246 e. The molecule has 244 valence electrons. The van der Waals surface area contributed by atoms with E-state index in [1.54, 1.807) is 12.0 Å². The maximum absolute atomic E-state index is 12.7. The lowest BCUT2D eigenvalue weighted by Gasteiger charge is -2.43. The van der Waals surface area contributed by atoms with E-state index >= 15 is 0 Å². The Morgan fingerprint density at radius 2 is 1.94 bits per heavy atom. The Balaban J connectivity index is 1.38. The molecule has 10 nitrogen and oxygen atoms in total. The van der Waals surface area contributed by atoms with Gasteiger partial charge in [-0.3, -0.25) is 9.69 Å². The number of amides is 1. The van der Waals surface area contributed by atoms with Gasteiger partial charge in [-0.1, -0.05) is 36.9 Å². The van der Waals surface area contributed by atoms with Crippen LogP contribution in [0.1, 0.15) is 42.1 Å². The molecule has 2 saturated heterocycles. The number of aromatic nitrogens is 1. The Bertz CT molecular complexity index is 1740. The van der Waals surface area contributed by atoms with Gasteiger partial charge in [-0.2, -0.15) is 10.5 Å². The zero-order valence-corrected chi connectivity index (χ0v) is 27.6. The number of hydrogen-bond donors (Lipinski definition) is 0. The molecule has 10 heteroatoms. The number of nitrogens with zero attached hydrogens (tertiary/aromatic N) is 7. The molecule has 3 aliphatic rings. The van der Waals surface area contributed by atoms with E-state index in [0.29, 0.717) is 50.6 Å². The first-order chi connectivity index (χ1) is 22.8. The number of pyridine rings is 1.